The number of fused-ring (bicyclic) bond motifs is 3. The summed E-state index contributed by atoms with van der Waals surface area (Å²) >= 11 is 0. The van der Waals surface area contributed by atoms with Gasteiger partial charge in [0.15, 0.2) is 0 Å². The normalized spacial score (nSPS) is 16.6. The summed E-state index contributed by atoms with van der Waals surface area (Å²) in [5.74, 6) is 0. The summed E-state index contributed by atoms with van der Waals surface area (Å²) in [6.45, 7) is 1.71. The smallest absolute Gasteiger partial charge is 0.0668 e. The van der Waals surface area contributed by atoms with E-state index in [-0.39, 0.29) is 17.9 Å². The van der Waals surface area contributed by atoms with Crippen molar-refractivity contribution < 1.29 is 0 Å². The largest absolute Gasteiger partial charge is 0.319 e. The fraction of sp³-hybridized carbons (Fsp3) is 0.176. The second-order valence-corrected chi connectivity index (χ2v) is 5.45. The van der Waals surface area contributed by atoms with E-state index < -0.39 is 0 Å². The van der Waals surface area contributed by atoms with Gasteiger partial charge in [0.2, 0.25) is 0 Å². The third-order valence-corrected chi connectivity index (χ3v) is 4.19. The summed E-state index contributed by atoms with van der Waals surface area (Å²) in [7, 11) is 0. The van der Waals surface area contributed by atoms with Crippen LogP contribution in [0.5, 0.6) is 0 Å². The molecule has 0 amide bonds. The lowest BCUT2D eigenvalue weighted by Gasteiger charge is -2.40. The summed E-state index contributed by atoms with van der Waals surface area (Å²) in [6.07, 6.45) is 0. The molecule has 0 saturated carbocycles. The zero-order valence-electron chi connectivity index (χ0n) is 11.1. The Morgan fingerprint density at radius 2 is 1.45 bits per heavy atom. The number of hydrogen-bond donors (Lipinski definition) is 2. The first-order valence-corrected chi connectivity index (χ1v) is 6.68. The van der Waals surface area contributed by atoms with Crippen LogP contribution in [0.1, 0.15) is 5.56 Å². The van der Waals surface area contributed by atoms with Gasteiger partial charge in [-0.15, -0.1) is 12.4 Å². The van der Waals surface area contributed by atoms with Crippen LogP contribution >= 0.6 is 12.4 Å². The molecule has 0 aliphatic carbocycles. The van der Waals surface area contributed by atoms with E-state index in [2.05, 4.69) is 59.9 Å². The molecule has 20 heavy (non-hydrogen) atoms. The van der Waals surface area contributed by atoms with Gasteiger partial charge in [-0.3, -0.25) is 0 Å². The van der Waals surface area contributed by atoms with Crippen molar-refractivity contribution in [2.24, 2.45) is 5.73 Å². The Labute approximate surface area is 124 Å². The van der Waals surface area contributed by atoms with E-state index in [1.165, 1.54) is 27.1 Å². The molecule has 4 rings (SSSR count). The lowest BCUT2D eigenvalue weighted by atomic mass is 9.81. The average molecular weight is 285 g/mol. The van der Waals surface area contributed by atoms with Crippen LogP contribution in [-0.4, -0.2) is 13.1 Å². The van der Waals surface area contributed by atoms with Gasteiger partial charge in [-0.05, 0) is 33.2 Å². The second kappa shape index (κ2) is 4.74. The molecule has 1 aliphatic rings. The highest BCUT2D eigenvalue weighted by molar-refractivity contribution is 6.09. The maximum Gasteiger partial charge on any atom is 0.0668 e. The first kappa shape index (κ1) is 13.4. The second-order valence-electron chi connectivity index (χ2n) is 5.45. The van der Waals surface area contributed by atoms with Crippen LogP contribution in [-0.2, 0) is 5.54 Å². The minimum atomic E-state index is -0.219. The molecule has 0 unspecified atom stereocenters. The molecule has 3 aromatic rings. The van der Waals surface area contributed by atoms with Crippen LogP contribution < -0.4 is 11.1 Å². The van der Waals surface area contributed by atoms with E-state index in [0.29, 0.717) is 0 Å². The highest BCUT2D eigenvalue weighted by Crippen LogP contribution is 2.34. The number of benzene rings is 3. The molecule has 0 bridgehead atoms. The predicted octanol–water partition coefficient (Wildman–Crippen LogP) is 3.17. The Balaban J connectivity index is 0.00000121. The van der Waals surface area contributed by atoms with E-state index in [4.69, 9.17) is 5.73 Å². The van der Waals surface area contributed by atoms with Crippen LogP contribution in [0.2, 0.25) is 0 Å². The highest BCUT2D eigenvalue weighted by Gasteiger charge is 2.35. The van der Waals surface area contributed by atoms with Gasteiger partial charge in [-0.25, -0.2) is 0 Å². The zero-order chi connectivity index (χ0) is 12.9. The van der Waals surface area contributed by atoms with Crippen LogP contribution in [0.15, 0.2) is 54.6 Å². The molecule has 2 nitrogen and oxygen atoms in total. The number of nitrogens with one attached hydrogen (secondary N) is 1. The average Bonchev–Trinajstić information content (AvgIpc) is 2.44. The van der Waals surface area contributed by atoms with Gasteiger partial charge in [0.05, 0.1) is 5.54 Å². The summed E-state index contributed by atoms with van der Waals surface area (Å²) in [4.78, 5) is 0. The SMILES string of the molecule is Cl.NC1(c2cc3ccccc3c3ccccc23)CNC1. The first-order chi connectivity index (χ1) is 9.28. The number of nitrogens with two attached hydrogens (primary N) is 1. The minimum absolute atomic E-state index is 0. The quantitative estimate of drug-likeness (QED) is 0.674. The molecule has 3 heteroatoms. The molecule has 0 radical (unpaired) electrons. The Hall–Kier alpha value is -1.61. The number of rotatable bonds is 1. The topological polar surface area (TPSA) is 38.0 Å². The van der Waals surface area contributed by atoms with Crippen molar-refractivity contribution in [2.45, 2.75) is 5.54 Å². The van der Waals surface area contributed by atoms with Gasteiger partial charge in [0, 0.05) is 13.1 Å². The third-order valence-electron chi connectivity index (χ3n) is 4.19. The Morgan fingerprint density at radius 3 is 2.10 bits per heavy atom. The molecule has 1 saturated heterocycles. The van der Waals surface area contributed by atoms with Crippen molar-refractivity contribution in [1.82, 2.24) is 5.32 Å². The molecule has 1 aliphatic heterocycles. The van der Waals surface area contributed by atoms with Crippen molar-refractivity contribution in [3.63, 3.8) is 0 Å². The predicted molar refractivity (Wildman–Crippen MR) is 87.4 cm³/mol. The number of hydrogen-bond acceptors (Lipinski definition) is 2. The molecule has 102 valence electrons. The summed E-state index contributed by atoms with van der Waals surface area (Å²) in [5.41, 5.74) is 7.56. The third kappa shape index (κ3) is 1.80. The van der Waals surface area contributed by atoms with Crippen LogP contribution in [0, 0.1) is 0 Å². The highest BCUT2D eigenvalue weighted by atomic mass is 35.5. The lowest BCUT2D eigenvalue weighted by Crippen LogP contribution is -2.62. The standard InChI is InChI=1S/C17H16N2.ClH/c18-17(10-19-11-17)16-9-12-5-1-2-6-13(12)14-7-3-4-8-15(14)16;/h1-9,19H,10-11,18H2;1H. The van der Waals surface area contributed by atoms with Crippen molar-refractivity contribution >= 4 is 34.0 Å². The van der Waals surface area contributed by atoms with E-state index in [9.17, 15) is 0 Å². The summed E-state index contributed by atoms with van der Waals surface area (Å²) in [5, 5.41) is 8.44. The molecule has 3 N–H and O–H groups in total. The van der Waals surface area contributed by atoms with E-state index in [0.717, 1.165) is 13.1 Å². The van der Waals surface area contributed by atoms with Crippen molar-refractivity contribution in [3.8, 4) is 0 Å². The number of halogens is 1. The minimum Gasteiger partial charge on any atom is -0.319 e. The van der Waals surface area contributed by atoms with E-state index in [1.54, 1.807) is 0 Å². The summed E-state index contributed by atoms with van der Waals surface area (Å²) < 4.78 is 0. The van der Waals surface area contributed by atoms with Crippen molar-refractivity contribution in [1.29, 1.82) is 0 Å². The van der Waals surface area contributed by atoms with Gasteiger partial charge in [-0.1, -0.05) is 48.5 Å². The Morgan fingerprint density at radius 1 is 0.850 bits per heavy atom. The molecule has 0 atom stereocenters. The Bertz CT molecular complexity index is 778. The van der Waals surface area contributed by atoms with Crippen LogP contribution in [0.3, 0.4) is 0 Å². The van der Waals surface area contributed by atoms with Gasteiger partial charge in [0.25, 0.3) is 0 Å². The maximum atomic E-state index is 6.52. The molecule has 1 fully saturated rings. The maximum absolute atomic E-state index is 6.52. The monoisotopic (exact) mass is 284 g/mol. The van der Waals surface area contributed by atoms with E-state index in [1.807, 2.05) is 0 Å². The van der Waals surface area contributed by atoms with Gasteiger partial charge in [-0.2, -0.15) is 0 Å². The van der Waals surface area contributed by atoms with E-state index >= 15 is 0 Å². The molecule has 0 aromatic heterocycles. The van der Waals surface area contributed by atoms with Crippen LogP contribution in [0.25, 0.3) is 21.5 Å². The zero-order valence-corrected chi connectivity index (χ0v) is 11.9. The lowest BCUT2D eigenvalue weighted by molar-refractivity contribution is 0.289. The van der Waals surface area contributed by atoms with Crippen molar-refractivity contribution in [2.75, 3.05) is 13.1 Å². The Kier molecular flexibility index (Phi) is 3.17. The molecule has 0 spiro atoms. The first-order valence-electron chi connectivity index (χ1n) is 6.68. The molecule has 3 aromatic carbocycles. The van der Waals surface area contributed by atoms with Gasteiger partial charge < -0.3 is 11.1 Å². The molecular weight excluding hydrogens is 268 g/mol. The molecular formula is C17H17ClN2. The fourth-order valence-electron chi connectivity index (χ4n) is 3.05. The van der Waals surface area contributed by atoms with Gasteiger partial charge in [0.1, 0.15) is 0 Å². The van der Waals surface area contributed by atoms with Crippen molar-refractivity contribution in [3.05, 3.63) is 60.2 Å². The van der Waals surface area contributed by atoms with Crippen LogP contribution in [0.4, 0.5) is 0 Å². The summed E-state index contributed by atoms with van der Waals surface area (Å²) in [6, 6.07) is 19.4. The van der Waals surface area contributed by atoms with Gasteiger partial charge >= 0.3 is 0 Å². The molecule has 1 heterocycles. The fourth-order valence-corrected chi connectivity index (χ4v) is 3.05.